The predicted molar refractivity (Wildman–Crippen MR) is 131 cm³/mol. The van der Waals surface area contributed by atoms with Crippen molar-refractivity contribution in [3.63, 3.8) is 0 Å². The molecule has 2 aliphatic rings. The molecule has 10 nitrogen and oxygen atoms in total. The van der Waals surface area contributed by atoms with Gasteiger partial charge in [-0.2, -0.15) is 0 Å². The third-order valence-corrected chi connectivity index (χ3v) is 7.16. The third-order valence-electron chi connectivity index (χ3n) is 7.16. The van der Waals surface area contributed by atoms with Crippen molar-refractivity contribution in [3.8, 4) is 11.4 Å². The molecule has 5 atom stereocenters. The van der Waals surface area contributed by atoms with E-state index in [4.69, 9.17) is 9.47 Å². The van der Waals surface area contributed by atoms with Gasteiger partial charge >= 0.3 is 0 Å². The summed E-state index contributed by atoms with van der Waals surface area (Å²) in [6.07, 6.45) is -4.57. The second-order valence-corrected chi connectivity index (χ2v) is 9.13. The summed E-state index contributed by atoms with van der Waals surface area (Å²) in [5.74, 6) is 0. The first-order valence-electron chi connectivity index (χ1n) is 11.9. The SMILES string of the molecule is C/C=C(\CO[C@H]1O[C@@H](CO)[C@H](O)[C@@H](O)[C@@H]1O)c1cc2n(c(=O)c1CO)CCc1c-2[nH]c2ccccc12. The number of hydrogen-bond acceptors (Lipinski definition) is 8. The summed E-state index contributed by atoms with van der Waals surface area (Å²) < 4.78 is 12.8. The van der Waals surface area contributed by atoms with Gasteiger partial charge in [0.15, 0.2) is 6.29 Å². The molecule has 0 bridgehead atoms. The van der Waals surface area contributed by atoms with Crippen molar-refractivity contribution < 1.29 is 35.0 Å². The lowest BCUT2D eigenvalue weighted by Gasteiger charge is -2.39. The van der Waals surface area contributed by atoms with E-state index in [-0.39, 0.29) is 17.7 Å². The van der Waals surface area contributed by atoms with Crippen LogP contribution in [0.5, 0.6) is 0 Å². The highest BCUT2D eigenvalue weighted by Crippen LogP contribution is 2.35. The number of nitrogens with one attached hydrogen (secondary N) is 1. The number of rotatable bonds is 6. The Morgan fingerprint density at radius 2 is 1.97 bits per heavy atom. The molecule has 36 heavy (non-hydrogen) atoms. The van der Waals surface area contributed by atoms with E-state index in [2.05, 4.69) is 4.98 Å². The van der Waals surface area contributed by atoms with Gasteiger partial charge in [0.25, 0.3) is 5.56 Å². The largest absolute Gasteiger partial charge is 0.394 e. The van der Waals surface area contributed by atoms with Crippen LogP contribution in [0.1, 0.15) is 23.6 Å². The van der Waals surface area contributed by atoms with Crippen LogP contribution in [0.4, 0.5) is 0 Å². The predicted octanol–water partition coefficient (Wildman–Crippen LogP) is 0.265. The Bertz CT molecular complexity index is 1360. The first-order chi connectivity index (χ1) is 17.4. The second-order valence-electron chi connectivity index (χ2n) is 9.13. The van der Waals surface area contributed by atoms with Crippen LogP contribution in [0.15, 0.2) is 41.2 Å². The molecule has 2 aromatic heterocycles. The number of aromatic nitrogens is 2. The van der Waals surface area contributed by atoms with E-state index in [1.54, 1.807) is 17.6 Å². The minimum Gasteiger partial charge on any atom is -0.394 e. The maximum absolute atomic E-state index is 13.4. The van der Waals surface area contributed by atoms with Gasteiger partial charge in [0, 0.05) is 17.4 Å². The number of aliphatic hydroxyl groups is 5. The van der Waals surface area contributed by atoms with Crippen molar-refractivity contribution in [2.24, 2.45) is 0 Å². The van der Waals surface area contributed by atoms with Gasteiger partial charge < -0.3 is 44.6 Å². The van der Waals surface area contributed by atoms with E-state index < -0.39 is 43.9 Å². The highest BCUT2D eigenvalue weighted by molar-refractivity contribution is 5.91. The average molecular weight is 499 g/mol. The van der Waals surface area contributed by atoms with Crippen molar-refractivity contribution in [1.82, 2.24) is 9.55 Å². The first-order valence-corrected chi connectivity index (χ1v) is 11.9. The lowest BCUT2D eigenvalue weighted by molar-refractivity contribution is -0.297. The van der Waals surface area contributed by atoms with Gasteiger partial charge in [-0.05, 0) is 42.2 Å². The van der Waals surface area contributed by atoms with E-state index >= 15 is 0 Å². The minimum atomic E-state index is -1.56. The molecule has 1 saturated heterocycles. The Kier molecular flexibility index (Phi) is 6.84. The number of ether oxygens (including phenoxy) is 2. The molecular formula is C26H30N2O8. The molecule has 0 spiro atoms. The third kappa shape index (κ3) is 4.00. The molecule has 0 aliphatic carbocycles. The Hall–Kier alpha value is -2.83. The van der Waals surface area contributed by atoms with Gasteiger partial charge in [-0.15, -0.1) is 0 Å². The molecule has 0 amide bonds. The second kappa shape index (κ2) is 9.91. The lowest BCUT2D eigenvalue weighted by atomic mass is 9.95. The molecule has 1 fully saturated rings. The van der Waals surface area contributed by atoms with Gasteiger partial charge in [-0.25, -0.2) is 0 Å². The number of para-hydroxylation sites is 1. The summed E-state index contributed by atoms with van der Waals surface area (Å²) in [6, 6.07) is 9.82. The topological polar surface area (TPSA) is 157 Å². The van der Waals surface area contributed by atoms with Gasteiger partial charge in [0.1, 0.15) is 24.4 Å². The number of aryl methyl sites for hydroxylation is 1. The Labute approximate surface area is 206 Å². The minimum absolute atomic E-state index is 0.116. The fourth-order valence-corrected chi connectivity index (χ4v) is 5.15. The van der Waals surface area contributed by atoms with Crippen molar-refractivity contribution in [1.29, 1.82) is 0 Å². The molecule has 0 saturated carbocycles. The van der Waals surface area contributed by atoms with Gasteiger partial charge in [-0.3, -0.25) is 4.79 Å². The number of aromatic amines is 1. The summed E-state index contributed by atoms with van der Waals surface area (Å²) >= 11 is 0. The Balaban J connectivity index is 1.50. The zero-order valence-electron chi connectivity index (χ0n) is 19.8. The van der Waals surface area contributed by atoms with Gasteiger partial charge in [0.05, 0.1) is 36.8 Å². The molecule has 192 valence electrons. The first kappa shape index (κ1) is 24.8. The van der Waals surface area contributed by atoms with Crippen molar-refractivity contribution in [2.45, 2.75) is 57.2 Å². The lowest BCUT2D eigenvalue weighted by Crippen LogP contribution is -2.59. The highest BCUT2D eigenvalue weighted by Gasteiger charge is 2.44. The maximum atomic E-state index is 13.4. The van der Waals surface area contributed by atoms with E-state index in [1.165, 1.54) is 0 Å². The molecule has 5 rings (SSSR count). The number of nitrogens with zero attached hydrogens (tertiary/aromatic N) is 1. The van der Waals surface area contributed by atoms with Crippen molar-refractivity contribution in [2.75, 3.05) is 13.2 Å². The molecule has 10 heteroatoms. The summed E-state index contributed by atoms with van der Waals surface area (Å²) in [4.78, 5) is 16.8. The zero-order chi connectivity index (χ0) is 25.6. The van der Waals surface area contributed by atoms with Crippen molar-refractivity contribution >= 4 is 16.5 Å². The zero-order valence-corrected chi connectivity index (χ0v) is 19.8. The van der Waals surface area contributed by atoms with Crippen molar-refractivity contribution in [3.05, 3.63) is 63.5 Å². The number of aliphatic hydroxyl groups excluding tert-OH is 5. The Morgan fingerprint density at radius 3 is 2.69 bits per heavy atom. The van der Waals surface area contributed by atoms with Gasteiger partial charge in [-0.1, -0.05) is 24.3 Å². The Morgan fingerprint density at radius 1 is 1.19 bits per heavy atom. The quantitative estimate of drug-likeness (QED) is 0.283. The molecule has 2 aliphatic heterocycles. The van der Waals surface area contributed by atoms with Gasteiger partial charge in [0.2, 0.25) is 0 Å². The fraction of sp³-hybridized carbons (Fsp3) is 0.423. The molecule has 0 radical (unpaired) electrons. The van der Waals surface area contributed by atoms with E-state index in [0.717, 1.165) is 22.2 Å². The molecule has 4 heterocycles. The van der Waals surface area contributed by atoms with E-state index in [1.807, 2.05) is 30.3 Å². The summed E-state index contributed by atoms with van der Waals surface area (Å²) in [6.45, 7) is 1.10. The average Bonchev–Trinajstić information content (AvgIpc) is 3.28. The standard InChI is InChI=1S/C26H30N2O8/c1-2-13(12-35-26-24(33)23(32)22(31)20(11-30)36-26)16-9-19-21-15(14-5-3-4-6-18(14)27-21)7-8-28(19)25(34)17(16)10-29/h2-6,9,20,22-24,26-27,29-33H,7-8,10-12H2,1H3/b13-2+/t20-,22-,23+,24-,26-/m0/s1. The molecule has 1 aromatic carbocycles. The summed E-state index contributed by atoms with van der Waals surface area (Å²) in [7, 11) is 0. The molecule has 6 N–H and O–H groups in total. The molecule has 0 unspecified atom stereocenters. The summed E-state index contributed by atoms with van der Waals surface area (Å²) in [5.41, 5.74) is 4.69. The van der Waals surface area contributed by atoms with Crippen LogP contribution in [-0.4, -0.2) is 79.0 Å². The van der Waals surface area contributed by atoms with Crippen LogP contribution >= 0.6 is 0 Å². The number of H-pyrrole nitrogens is 1. The number of benzene rings is 1. The molecular weight excluding hydrogens is 468 g/mol. The number of allylic oxidation sites excluding steroid dienone is 1. The molecule has 3 aromatic rings. The number of hydrogen-bond donors (Lipinski definition) is 6. The smallest absolute Gasteiger partial charge is 0.257 e. The number of fused-ring (bicyclic) bond motifs is 5. The summed E-state index contributed by atoms with van der Waals surface area (Å²) in [5, 5.41) is 51.0. The highest BCUT2D eigenvalue weighted by atomic mass is 16.7. The normalized spacial score (nSPS) is 26.2. The maximum Gasteiger partial charge on any atom is 0.257 e. The van der Waals surface area contributed by atoms with Crippen LogP contribution in [0.25, 0.3) is 27.9 Å². The number of pyridine rings is 1. The van der Waals surface area contributed by atoms with Crippen LogP contribution in [-0.2, 0) is 29.0 Å². The van der Waals surface area contributed by atoms with Crippen LogP contribution in [0, 0.1) is 0 Å². The van der Waals surface area contributed by atoms with E-state index in [9.17, 15) is 30.3 Å². The van der Waals surface area contributed by atoms with E-state index in [0.29, 0.717) is 29.8 Å². The van der Waals surface area contributed by atoms with Crippen LogP contribution in [0.3, 0.4) is 0 Å². The van der Waals surface area contributed by atoms with Crippen LogP contribution in [0.2, 0.25) is 0 Å². The fourth-order valence-electron chi connectivity index (χ4n) is 5.15. The monoisotopic (exact) mass is 498 g/mol. The van der Waals surface area contributed by atoms with Crippen LogP contribution < -0.4 is 5.56 Å².